The molecule has 16 heavy (non-hydrogen) atoms. The van der Waals surface area contributed by atoms with Gasteiger partial charge in [-0.1, -0.05) is 37.3 Å². The van der Waals surface area contributed by atoms with Crippen LogP contribution in [0.15, 0.2) is 30.3 Å². The van der Waals surface area contributed by atoms with Crippen LogP contribution in [-0.2, 0) is 11.2 Å². The third-order valence-electron chi connectivity index (χ3n) is 3.34. The monoisotopic (exact) mass is 226 g/mol. The van der Waals surface area contributed by atoms with Crippen molar-refractivity contribution in [2.45, 2.75) is 19.3 Å². The maximum Gasteiger partial charge on any atom is 0.273 e. The van der Waals surface area contributed by atoms with E-state index in [-0.39, 0.29) is 5.92 Å². The molecule has 1 aromatic carbocycles. The summed E-state index contributed by atoms with van der Waals surface area (Å²) in [5, 5.41) is 0. The van der Waals surface area contributed by atoms with Gasteiger partial charge in [-0.2, -0.15) is 0 Å². The van der Waals surface area contributed by atoms with Gasteiger partial charge in [0.2, 0.25) is 0 Å². The maximum absolute atomic E-state index is 13.4. The third kappa shape index (κ3) is 2.40. The largest absolute Gasteiger partial charge is 0.375 e. The van der Waals surface area contributed by atoms with Gasteiger partial charge < -0.3 is 4.74 Å². The van der Waals surface area contributed by atoms with E-state index in [1.165, 1.54) is 0 Å². The lowest BCUT2D eigenvalue weighted by Crippen LogP contribution is -2.44. The second kappa shape index (κ2) is 4.50. The van der Waals surface area contributed by atoms with Gasteiger partial charge in [0.1, 0.15) is 6.61 Å². The predicted molar refractivity (Wildman–Crippen MR) is 58.6 cm³/mol. The Balaban J connectivity index is 2.05. The second-order valence-electron chi connectivity index (χ2n) is 4.51. The molecule has 0 N–H and O–H groups in total. The van der Waals surface area contributed by atoms with E-state index in [1.807, 2.05) is 30.3 Å². The fourth-order valence-electron chi connectivity index (χ4n) is 2.12. The molecule has 0 unspecified atom stereocenters. The molecule has 1 heterocycles. The lowest BCUT2D eigenvalue weighted by Gasteiger charge is -2.35. The van der Waals surface area contributed by atoms with Crippen molar-refractivity contribution in [2.75, 3.05) is 13.2 Å². The average Bonchev–Trinajstić information content (AvgIpc) is 2.26. The average molecular weight is 226 g/mol. The minimum absolute atomic E-state index is 0.0915. The SMILES string of the molecule is C[C@@H]1[C@H](Cc2ccccc2)COCC1(F)F. The topological polar surface area (TPSA) is 9.23 Å². The lowest BCUT2D eigenvalue weighted by atomic mass is 9.83. The van der Waals surface area contributed by atoms with Crippen molar-refractivity contribution in [3.05, 3.63) is 35.9 Å². The molecule has 0 saturated carbocycles. The van der Waals surface area contributed by atoms with Crippen LogP contribution in [0.1, 0.15) is 12.5 Å². The van der Waals surface area contributed by atoms with E-state index < -0.39 is 18.4 Å². The minimum Gasteiger partial charge on any atom is -0.375 e. The van der Waals surface area contributed by atoms with Gasteiger partial charge in [-0.25, -0.2) is 8.78 Å². The Morgan fingerprint density at radius 1 is 1.31 bits per heavy atom. The van der Waals surface area contributed by atoms with Crippen LogP contribution in [0.2, 0.25) is 0 Å². The normalized spacial score (nSPS) is 28.9. The Bertz CT molecular complexity index is 337. The quantitative estimate of drug-likeness (QED) is 0.752. The van der Waals surface area contributed by atoms with Crippen LogP contribution in [0, 0.1) is 11.8 Å². The van der Waals surface area contributed by atoms with Crippen LogP contribution in [0.3, 0.4) is 0 Å². The van der Waals surface area contributed by atoms with Crippen LogP contribution in [0.25, 0.3) is 0 Å². The first kappa shape index (κ1) is 11.5. The molecule has 0 aromatic heterocycles. The Kier molecular flexibility index (Phi) is 3.24. The van der Waals surface area contributed by atoms with Crippen LogP contribution >= 0.6 is 0 Å². The summed E-state index contributed by atoms with van der Waals surface area (Å²) >= 11 is 0. The van der Waals surface area contributed by atoms with Crippen molar-refractivity contribution < 1.29 is 13.5 Å². The van der Waals surface area contributed by atoms with Crippen molar-refractivity contribution in [1.29, 1.82) is 0 Å². The number of halogens is 2. The number of hydrogen-bond donors (Lipinski definition) is 0. The van der Waals surface area contributed by atoms with Crippen LogP contribution in [0.4, 0.5) is 8.78 Å². The van der Waals surface area contributed by atoms with Gasteiger partial charge in [0, 0.05) is 5.92 Å². The number of rotatable bonds is 2. The number of alkyl halides is 2. The molecule has 1 aliphatic rings. The van der Waals surface area contributed by atoms with E-state index in [0.29, 0.717) is 13.0 Å². The molecule has 1 aromatic rings. The highest BCUT2D eigenvalue weighted by Crippen LogP contribution is 2.36. The van der Waals surface area contributed by atoms with Gasteiger partial charge >= 0.3 is 0 Å². The van der Waals surface area contributed by atoms with Crippen LogP contribution in [0.5, 0.6) is 0 Å². The third-order valence-corrected chi connectivity index (χ3v) is 3.34. The van der Waals surface area contributed by atoms with Crippen LogP contribution in [-0.4, -0.2) is 19.1 Å². The molecule has 1 aliphatic heterocycles. The maximum atomic E-state index is 13.4. The highest BCUT2D eigenvalue weighted by atomic mass is 19.3. The van der Waals surface area contributed by atoms with Gasteiger partial charge in [-0.3, -0.25) is 0 Å². The Labute approximate surface area is 94.4 Å². The van der Waals surface area contributed by atoms with Gasteiger partial charge in [0.15, 0.2) is 0 Å². The summed E-state index contributed by atoms with van der Waals surface area (Å²) in [6, 6.07) is 9.74. The molecular weight excluding hydrogens is 210 g/mol. The van der Waals surface area contributed by atoms with Crippen molar-refractivity contribution in [1.82, 2.24) is 0 Å². The summed E-state index contributed by atoms with van der Waals surface area (Å²) in [6.45, 7) is 1.63. The standard InChI is InChI=1S/C13H16F2O/c1-10-12(8-16-9-13(10,14)15)7-11-5-3-2-4-6-11/h2-6,10,12H,7-9H2,1H3/t10-,12-/m1/s1. The Morgan fingerprint density at radius 2 is 2.00 bits per heavy atom. The molecule has 0 amide bonds. The van der Waals surface area contributed by atoms with E-state index in [2.05, 4.69) is 0 Å². The Hall–Kier alpha value is -0.960. The van der Waals surface area contributed by atoms with Gasteiger partial charge in [-0.15, -0.1) is 0 Å². The van der Waals surface area contributed by atoms with Gasteiger partial charge in [-0.05, 0) is 17.9 Å². The summed E-state index contributed by atoms with van der Waals surface area (Å²) < 4.78 is 31.8. The van der Waals surface area contributed by atoms with E-state index in [0.717, 1.165) is 5.56 Å². The van der Waals surface area contributed by atoms with Gasteiger partial charge in [0.25, 0.3) is 5.92 Å². The molecule has 0 radical (unpaired) electrons. The first-order chi connectivity index (χ1) is 7.59. The molecular formula is C13H16F2O. The zero-order valence-corrected chi connectivity index (χ0v) is 9.33. The molecule has 1 nitrogen and oxygen atoms in total. The second-order valence-corrected chi connectivity index (χ2v) is 4.51. The molecule has 0 aliphatic carbocycles. The summed E-state index contributed by atoms with van der Waals surface area (Å²) in [4.78, 5) is 0. The highest BCUT2D eigenvalue weighted by Gasteiger charge is 2.44. The highest BCUT2D eigenvalue weighted by molar-refractivity contribution is 5.15. The molecule has 1 saturated heterocycles. The van der Waals surface area contributed by atoms with Crippen molar-refractivity contribution in [3.63, 3.8) is 0 Å². The van der Waals surface area contributed by atoms with E-state index in [4.69, 9.17) is 4.74 Å². The first-order valence-corrected chi connectivity index (χ1v) is 5.59. The first-order valence-electron chi connectivity index (χ1n) is 5.59. The molecule has 0 spiro atoms. The number of hydrogen-bond acceptors (Lipinski definition) is 1. The number of benzene rings is 1. The molecule has 0 bridgehead atoms. The fourth-order valence-corrected chi connectivity index (χ4v) is 2.12. The number of ether oxygens (including phenoxy) is 1. The van der Waals surface area contributed by atoms with Crippen molar-refractivity contribution in [2.24, 2.45) is 11.8 Å². The Morgan fingerprint density at radius 3 is 2.69 bits per heavy atom. The van der Waals surface area contributed by atoms with E-state index >= 15 is 0 Å². The summed E-state index contributed by atoms with van der Waals surface area (Å²) in [7, 11) is 0. The van der Waals surface area contributed by atoms with Crippen molar-refractivity contribution in [3.8, 4) is 0 Å². The smallest absolute Gasteiger partial charge is 0.273 e. The zero-order valence-electron chi connectivity index (χ0n) is 9.33. The summed E-state index contributed by atoms with van der Waals surface area (Å²) in [5.74, 6) is -3.38. The van der Waals surface area contributed by atoms with E-state index in [9.17, 15) is 8.78 Å². The molecule has 88 valence electrons. The molecule has 1 fully saturated rings. The molecule has 2 rings (SSSR count). The molecule has 3 heteroatoms. The summed E-state index contributed by atoms with van der Waals surface area (Å²) in [6.07, 6.45) is 0.664. The predicted octanol–water partition coefficient (Wildman–Crippen LogP) is 3.15. The minimum atomic E-state index is -2.68. The molecule has 2 atom stereocenters. The fraction of sp³-hybridized carbons (Fsp3) is 0.538. The van der Waals surface area contributed by atoms with Crippen molar-refractivity contribution >= 4 is 0 Å². The van der Waals surface area contributed by atoms with Gasteiger partial charge in [0.05, 0.1) is 6.61 Å². The zero-order chi connectivity index (χ0) is 11.6. The van der Waals surface area contributed by atoms with E-state index in [1.54, 1.807) is 6.92 Å². The lowest BCUT2D eigenvalue weighted by molar-refractivity contribution is -0.173. The summed E-state index contributed by atoms with van der Waals surface area (Å²) in [5.41, 5.74) is 1.10. The van der Waals surface area contributed by atoms with Crippen LogP contribution < -0.4 is 0 Å².